The highest BCUT2D eigenvalue weighted by atomic mass is 32.2. The van der Waals surface area contributed by atoms with E-state index in [0.717, 1.165) is 10.5 Å². The van der Waals surface area contributed by atoms with Gasteiger partial charge in [0, 0.05) is 28.7 Å². The molecule has 7 heteroatoms. The number of carbonyl (C=O) groups excluding carboxylic acids is 1. The van der Waals surface area contributed by atoms with Gasteiger partial charge in [-0.25, -0.2) is 9.36 Å². The smallest absolute Gasteiger partial charge is 0.352 e. The molecule has 0 unspecified atom stereocenters. The third-order valence-corrected chi connectivity index (χ3v) is 5.92. The van der Waals surface area contributed by atoms with Gasteiger partial charge in [0.25, 0.3) is 0 Å². The lowest BCUT2D eigenvalue weighted by molar-refractivity contribution is -0.671. The number of aliphatic hydroxyl groups excluding tert-OH is 1. The van der Waals surface area contributed by atoms with Crippen molar-refractivity contribution in [3.05, 3.63) is 35.8 Å². The molecule has 2 N–H and O–H groups in total. The van der Waals surface area contributed by atoms with Crippen LogP contribution in [0.4, 0.5) is 0 Å². The van der Waals surface area contributed by atoms with Crippen molar-refractivity contribution in [1.82, 2.24) is 4.90 Å². The molecular formula is C17H21N2O4S+. The van der Waals surface area contributed by atoms with Crippen molar-refractivity contribution in [2.45, 2.75) is 30.9 Å². The van der Waals surface area contributed by atoms with Crippen LogP contribution in [-0.4, -0.2) is 44.9 Å². The topological polar surface area (TPSA) is 81.7 Å². The maximum atomic E-state index is 12.3. The minimum Gasteiger partial charge on any atom is -0.477 e. The van der Waals surface area contributed by atoms with Crippen molar-refractivity contribution < 1.29 is 24.4 Å². The standard InChI is InChI=1S/C17H20N2O4S/c1-9-12(8-24-11-4-6-18(3)7-5-11)15(17(22)23)19-14(9)13(10(2)20)16(19)21/h4-7,9-10,13-14,20H,8H2,1-3H3/p+1/t9-,10+,13+,14-/m0/s1. The Kier molecular flexibility index (Phi) is 4.40. The normalized spacial score (nSPS) is 27.1. The molecule has 2 aliphatic rings. The summed E-state index contributed by atoms with van der Waals surface area (Å²) in [7, 11) is 1.94. The third kappa shape index (κ3) is 2.61. The van der Waals surface area contributed by atoms with Gasteiger partial charge >= 0.3 is 5.97 Å². The second-order valence-corrected chi connectivity index (χ2v) is 7.47. The van der Waals surface area contributed by atoms with Crippen LogP contribution in [0, 0.1) is 11.8 Å². The number of pyridine rings is 1. The fraction of sp³-hybridized carbons (Fsp3) is 0.471. The summed E-state index contributed by atoms with van der Waals surface area (Å²) in [6, 6.07) is 3.71. The number of carboxylic acids is 1. The number of rotatable bonds is 5. The summed E-state index contributed by atoms with van der Waals surface area (Å²) in [6.07, 6.45) is 3.11. The molecule has 3 rings (SSSR count). The van der Waals surface area contributed by atoms with E-state index in [1.165, 1.54) is 4.90 Å². The Morgan fingerprint density at radius 1 is 1.42 bits per heavy atom. The van der Waals surface area contributed by atoms with Crippen LogP contribution in [-0.2, 0) is 16.6 Å². The number of hydrogen-bond donors (Lipinski definition) is 2. The second kappa shape index (κ2) is 6.22. The van der Waals surface area contributed by atoms with E-state index in [4.69, 9.17) is 0 Å². The predicted molar refractivity (Wildman–Crippen MR) is 88.0 cm³/mol. The van der Waals surface area contributed by atoms with Gasteiger partial charge < -0.3 is 15.1 Å². The quantitative estimate of drug-likeness (QED) is 0.467. The van der Waals surface area contributed by atoms with Crippen LogP contribution in [0.2, 0.25) is 0 Å². The van der Waals surface area contributed by atoms with Crippen LogP contribution in [0.3, 0.4) is 0 Å². The Morgan fingerprint density at radius 3 is 2.58 bits per heavy atom. The number of aliphatic carboxylic acids is 1. The van der Waals surface area contributed by atoms with Gasteiger partial charge in [-0.3, -0.25) is 4.79 Å². The van der Waals surface area contributed by atoms with Crippen LogP contribution in [0.15, 0.2) is 40.7 Å². The summed E-state index contributed by atoms with van der Waals surface area (Å²) in [5, 5.41) is 19.4. The van der Waals surface area contributed by atoms with Gasteiger partial charge in [0.2, 0.25) is 5.91 Å². The molecule has 6 nitrogen and oxygen atoms in total. The highest BCUT2D eigenvalue weighted by Crippen LogP contribution is 2.48. The van der Waals surface area contributed by atoms with Crippen molar-refractivity contribution in [3.63, 3.8) is 0 Å². The zero-order valence-electron chi connectivity index (χ0n) is 13.8. The van der Waals surface area contributed by atoms with Gasteiger partial charge in [0.05, 0.1) is 18.1 Å². The Balaban J connectivity index is 1.84. The zero-order chi connectivity index (χ0) is 17.6. The summed E-state index contributed by atoms with van der Waals surface area (Å²) in [5.41, 5.74) is 0.866. The molecule has 1 aromatic rings. The van der Waals surface area contributed by atoms with E-state index in [0.29, 0.717) is 5.75 Å². The molecular weight excluding hydrogens is 328 g/mol. The molecule has 4 atom stereocenters. The molecule has 0 radical (unpaired) electrons. The molecule has 24 heavy (non-hydrogen) atoms. The lowest BCUT2D eigenvalue weighted by atomic mass is 9.78. The van der Waals surface area contributed by atoms with Gasteiger partial charge in [-0.15, -0.1) is 11.8 Å². The average Bonchev–Trinajstić information content (AvgIpc) is 2.76. The number of β-lactam (4-membered cyclic amide) rings is 1. The maximum Gasteiger partial charge on any atom is 0.352 e. The highest BCUT2D eigenvalue weighted by Gasteiger charge is 2.59. The number of nitrogens with zero attached hydrogens (tertiary/aromatic N) is 2. The molecule has 1 aromatic heterocycles. The number of carboxylic acid groups (broad SMARTS) is 1. The monoisotopic (exact) mass is 349 g/mol. The van der Waals surface area contributed by atoms with Crippen molar-refractivity contribution in [1.29, 1.82) is 0 Å². The van der Waals surface area contributed by atoms with Crippen molar-refractivity contribution >= 4 is 23.6 Å². The number of carbonyl (C=O) groups is 2. The lowest BCUT2D eigenvalue weighted by Gasteiger charge is -2.46. The third-order valence-electron chi connectivity index (χ3n) is 4.86. The Labute approximate surface area is 144 Å². The number of aromatic nitrogens is 1. The average molecular weight is 349 g/mol. The molecule has 0 spiro atoms. The van der Waals surface area contributed by atoms with Gasteiger partial charge in [-0.1, -0.05) is 6.92 Å². The summed E-state index contributed by atoms with van der Waals surface area (Å²) in [4.78, 5) is 26.4. The number of aryl methyl sites for hydroxylation is 1. The van der Waals surface area contributed by atoms with E-state index in [2.05, 4.69) is 0 Å². The van der Waals surface area contributed by atoms with Crippen LogP contribution < -0.4 is 4.57 Å². The zero-order valence-corrected chi connectivity index (χ0v) is 14.7. The number of fused-ring (bicyclic) bond motifs is 1. The second-order valence-electron chi connectivity index (χ2n) is 6.42. The molecule has 2 aliphatic heterocycles. The van der Waals surface area contributed by atoms with Crippen molar-refractivity contribution in [3.8, 4) is 0 Å². The minimum atomic E-state index is -1.07. The van der Waals surface area contributed by atoms with Gasteiger partial charge in [-0.2, -0.15) is 0 Å². The van der Waals surface area contributed by atoms with Gasteiger partial charge in [-0.05, 0) is 12.5 Å². The van der Waals surface area contributed by atoms with Crippen LogP contribution >= 0.6 is 11.8 Å². The number of hydrogen-bond acceptors (Lipinski definition) is 4. The Bertz CT molecular complexity index is 714. The van der Waals surface area contributed by atoms with E-state index in [-0.39, 0.29) is 23.6 Å². The fourth-order valence-electron chi connectivity index (χ4n) is 3.58. The summed E-state index contributed by atoms with van der Waals surface area (Å²) < 4.78 is 1.93. The Morgan fingerprint density at radius 2 is 2.04 bits per heavy atom. The molecule has 1 saturated heterocycles. The molecule has 3 heterocycles. The van der Waals surface area contributed by atoms with E-state index in [1.807, 2.05) is 43.1 Å². The van der Waals surface area contributed by atoms with Gasteiger partial charge in [0.1, 0.15) is 12.7 Å². The van der Waals surface area contributed by atoms with E-state index < -0.39 is 18.0 Å². The minimum absolute atomic E-state index is 0.0688. The molecule has 128 valence electrons. The lowest BCUT2D eigenvalue weighted by Crippen LogP contribution is -2.63. The van der Waals surface area contributed by atoms with E-state index >= 15 is 0 Å². The SMILES string of the molecule is C[C@@H](O)[C@H]1C(=O)N2C(C(=O)O)=C(CSc3cc[n+](C)cc3)[C@H](C)[C@@H]12. The van der Waals surface area contributed by atoms with Crippen LogP contribution in [0.5, 0.6) is 0 Å². The summed E-state index contributed by atoms with van der Waals surface area (Å²) in [5.74, 6) is -1.42. The van der Waals surface area contributed by atoms with Gasteiger partial charge in [0.15, 0.2) is 12.4 Å². The summed E-state index contributed by atoms with van der Waals surface area (Å²) in [6.45, 7) is 3.53. The number of amides is 1. The molecule has 1 fully saturated rings. The summed E-state index contributed by atoms with van der Waals surface area (Å²) >= 11 is 1.56. The highest BCUT2D eigenvalue weighted by molar-refractivity contribution is 7.99. The fourth-order valence-corrected chi connectivity index (χ4v) is 4.61. The Hall–Kier alpha value is -1.86. The largest absolute Gasteiger partial charge is 0.477 e. The molecule has 0 aromatic carbocycles. The first-order valence-electron chi connectivity index (χ1n) is 7.88. The molecule has 0 aliphatic carbocycles. The molecule has 1 amide bonds. The first kappa shape index (κ1) is 17.0. The number of aliphatic hydroxyl groups is 1. The van der Waals surface area contributed by atoms with E-state index in [9.17, 15) is 19.8 Å². The van der Waals surface area contributed by atoms with Crippen molar-refractivity contribution in [2.24, 2.45) is 18.9 Å². The first-order chi connectivity index (χ1) is 11.3. The molecule has 0 bridgehead atoms. The maximum absolute atomic E-state index is 12.3. The number of thioether (sulfide) groups is 1. The molecule has 0 saturated carbocycles. The van der Waals surface area contributed by atoms with Crippen LogP contribution in [0.25, 0.3) is 0 Å². The predicted octanol–water partition coefficient (Wildman–Crippen LogP) is 0.799. The first-order valence-corrected chi connectivity index (χ1v) is 8.87. The van der Waals surface area contributed by atoms with Crippen molar-refractivity contribution in [2.75, 3.05) is 5.75 Å². The van der Waals surface area contributed by atoms with Crippen LogP contribution in [0.1, 0.15) is 13.8 Å². The van der Waals surface area contributed by atoms with E-state index in [1.54, 1.807) is 18.7 Å².